The molecule has 0 fully saturated rings. The molecule has 554 valence electrons. The minimum absolute atomic E-state index is 0.0854. The normalized spacial score (nSPS) is 12.8. The van der Waals surface area contributed by atoms with Crippen molar-refractivity contribution in [3.05, 3.63) is 312 Å². The average Bonchev–Trinajstić information content (AvgIpc) is 1.42. The number of ether oxygens (including phenoxy) is 1. The molecule has 0 amide bonds. The molecule has 15 aromatic rings. The quantitative estimate of drug-likeness (QED) is 0.122. The van der Waals surface area contributed by atoms with E-state index in [0.717, 1.165) is 123 Å². The summed E-state index contributed by atoms with van der Waals surface area (Å²) in [5.74, 6) is 1.42. The third-order valence-electron chi connectivity index (χ3n) is 22.4. The van der Waals surface area contributed by atoms with Crippen molar-refractivity contribution in [1.29, 1.82) is 0 Å². The van der Waals surface area contributed by atoms with E-state index >= 15 is 0 Å². The summed E-state index contributed by atoms with van der Waals surface area (Å²) < 4.78 is 17.8. The summed E-state index contributed by atoms with van der Waals surface area (Å²) in [5, 5.41) is 4.48. The van der Waals surface area contributed by atoms with Crippen molar-refractivity contribution in [2.75, 3.05) is 4.90 Å². The predicted octanol–water partition coefficient (Wildman–Crippen LogP) is 31.0. The minimum atomic E-state index is -0.221. The summed E-state index contributed by atoms with van der Waals surface area (Å²) >= 11 is 0. The fourth-order valence-electron chi connectivity index (χ4n) is 15.7. The number of benzene rings is 13. The van der Waals surface area contributed by atoms with Crippen LogP contribution in [0.15, 0.2) is 277 Å². The van der Waals surface area contributed by atoms with Crippen LogP contribution in [-0.2, 0) is 37.9 Å². The molecule has 2 heterocycles. The summed E-state index contributed by atoms with van der Waals surface area (Å²) in [7, 11) is 0. The van der Waals surface area contributed by atoms with Crippen LogP contribution in [0.2, 0.25) is 0 Å². The lowest BCUT2D eigenvalue weighted by Crippen LogP contribution is -2.17. The molecule has 0 saturated carbocycles. The van der Waals surface area contributed by atoms with Crippen LogP contribution in [0.1, 0.15) is 184 Å². The zero-order chi connectivity index (χ0) is 77.9. The number of furan rings is 1. The molecule has 0 saturated heterocycles. The van der Waals surface area contributed by atoms with Gasteiger partial charge in [0.25, 0.3) is 0 Å². The Bertz CT molecular complexity index is 5810. The number of anilines is 3. The van der Waals surface area contributed by atoms with Gasteiger partial charge in [-0.3, -0.25) is 0 Å². The molecule has 0 aliphatic heterocycles. The second kappa shape index (κ2) is 27.6. The van der Waals surface area contributed by atoms with Gasteiger partial charge in [-0.15, -0.1) is 0 Å². The maximum absolute atomic E-state index is 8.01. The van der Waals surface area contributed by atoms with Gasteiger partial charge in [0.05, 0.1) is 28.1 Å². The summed E-state index contributed by atoms with van der Waals surface area (Å²) in [6, 6.07) is 103. The molecule has 15 rings (SSSR count). The Balaban J connectivity index is 1.09. The van der Waals surface area contributed by atoms with Crippen molar-refractivity contribution < 1.29 is 9.15 Å². The molecule has 13 aromatic carbocycles. The molecule has 0 bridgehead atoms. The van der Waals surface area contributed by atoms with E-state index in [9.17, 15) is 0 Å². The number of fused-ring (bicyclic) bond motifs is 6. The largest absolute Gasteiger partial charge is 0.457 e. The molecular weight excluding hydrogens is 1330 g/mol. The summed E-state index contributed by atoms with van der Waals surface area (Å²) in [5.41, 5.74) is 28.9. The lowest BCUT2D eigenvalue weighted by Gasteiger charge is -2.33. The number of nitrogens with zero attached hydrogens (tertiary/aromatic N) is 2. The number of aromatic nitrogens is 1. The molecule has 110 heavy (non-hydrogen) atoms. The topological polar surface area (TPSA) is 30.5 Å². The van der Waals surface area contributed by atoms with Crippen molar-refractivity contribution in [1.82, 2.24) is 4.57 Å². The lowest BCUT2D eigenvalue weighted by atomic mass is 9.78. The first kappa shape index (κ1) is 74.5. The van der Waals surface area contributed by atoms with Gasteiger partial charge in [0.1, 0.15) is 17.1 Å². The highest BCUT2D eigenvalue weighted by Crippen LogP contribution is 2.53. The van der Waals surface area contributed by atoms with Gasteiger partial charge in [-0.05, 0) is 212 Å². The Hall–Kier alpha value is -10.9. The van der Waals surface area contributed by atoms with Crippen molar-refractivity contribution >= 4 is 60.8 Å². The first-order valence-electron chi connectivity index (χ1n) is 39.5. The van der Waals surface area contributed by atoms with Crippen LogP contribution in [0, 0.1) is 0 Å². The molecule has 0 N–H and O–H groups in total. The molecule has 0 aliphatic rings. The fourth-order valence-corrected chi connectivity index (χ4v) is 15.7. The number of para-hydroxylation sites is 1. The minimum Gasteiger partial charge on any atom is -0.457 e. The van der Waals surface area contributed by atoms with Crippen molar-refractivity contribution in [2.24, 2.45) is 0 Å². The van der Waals surface area contributed by atoms with Crippen molar-refractivity contribution in [3.8, 4) is 83.9 Å². The van der Waals surface area contributed by atoms with E-state index in [4.69, 9.17) is 9.15 Å². The third kappa shape index (κ3) is 14.6. The second-order valence-corrected chi connectivity index (χ2v) is 38.0. The first-order valence-corrected chi connectivity index (χ1v) is 39.5. The zero-order valence-corrected chi connectivity index (χ0v) is 68.7. The van der Waals surface area contributed by atoms with Crippen LogP contribution < -0.4 is 9.64 Å². The van der Waals surface area contributed by atoms with E-state index in [-0.39, 0.29) is 37.9 Å². The molecular formula is C106H108N2O2. The highest BCUT2D eigenvalue weighted by atomic mass is 16.5. The highest BCUT2D eigenvalue weighted by Gasteiger charge is 2.32. The second-order valence-electron chi connectivity index (χ2n) is 38.0. The summed E-state index contributed by atoms with van der Waals surface area (Å²) in [6.07, 6.45) is 0. The molecule has 0 spiro atoms. The lowest BCUT2D eigenvalue weighted by molar-refractivity contribution is 0.485. The maximum Gasteiger partial charge on any atom is 0.159 e. The highest BCUT2D eigenvalue weighted by molar-refractivity contribution is 6.14. The summed E-state index contributed by atoms with van der Waals surface area (Å²) in [6.45, 7) is 48.8. The van der Waals surface area contributed by atoms with Gasteiger partial charge < -0.3 is 18.6 Å². The van der Waals surface area contributed by atoms with E-state index in [1.807, 2.05) is 0 Å². The van der Waals surface area contributed by atoms with E-state index in [0.29, 0.717) is 5.75 Å². The van der Waals surface area contributed by atoms with Gasteiger partial charge in [-0.25, -0.2) is 0 Å². The standard InChI is InChI=1S/C106H108N2O2/c1-100(2,3)75-47-49-92-89(62-75)90-63-76(101(4,5)6)48-50-93(90)108(92)94-59-73(58-91-86-43-31-32-45-95(86)110-99(91)94)72-56-83(66-84(57-72)109-96-46-34-44-85(97(96)69-39-29-24-30-40-69)74-53-79(104(13,14)15)61-80(54-74)105(16,17)18)107(82-42-33-41-70(55-82)71-51-77(102(7,8)9)60-78(52-71)103(10,11)12)98-87(67-35-25-22-26-36-67)64-81(106(19,20)21)65-88(98)68-37-27-23-28-38-68/h22-66H,1-21H3. The van der Waals surface area contributed by atoms with E-state index in [1.54, 1.807) is 0 Å². The van der Waals surface area contributed by atoms with Crippen molar-refractivity contribution in [2.45, 2.75) is 183 Å². The third-order valence-corrected chi connectivity index (χ3v) is 22.4. The molecule has 2 aromatic heterocycles. The molecule has 0 aliphatic carbocycles. The smallest absolute Gasteiger partial charge is 0.159 e. The molecule has 4 heteroatoms. The van der Waals surface area contributed by atoms with Gasteiger partial charge >= 0.3 is 0 Å². The van der Waals surface area contributed by atoms with Crippen molar-refractivity contribution in [3.63, 3.8) is 0 Å². The van der Waals surface area contributed by atoms with Gasteiger partial charge in [-0.1, -0.05) is 327 Å². The Labute approximate surface area is 654 Å². The Morgan fingerprint density at radius 3 is 1.21 bits per heavy atom. The van der Waals surface area contributed by atoms with E-state index < -0.39 is 0 Å². The van der Waals surface area contributed by atoms with Gasteiger partial charge in [0.15, 0.2) is 5.58 Å². The van der Waals surface area contributed by atoms with Crippen LogP contribution >= 0.6 is 0 Å². The van der Waals surface area contributed by atoms with Gasteiger partial charge in [0, 0.05) is 50.0 Å². The Morgan fingerprint density at radius 1 is 0.273 bits per heavy atom. The van der Waals surface area contributed by atoms with E-state index in [2.05, 4.69) is 428 Å². The zero-order valence-electron chi connectivity index (χ0n) is 68.7. The Morgan fingerprint density at radius 2 is 0.700 bits per heavy atom. The summed E-state index contributed by atoms with van der Waals surface area (Å²) in [4.78, 5) is 2.55. The van der Waals surface area contributed by atoms with Crippen LogP contribution in [0.4, 0.5) is 17.1 Å². The average molecular weight is 1440 g/mol. The predicted molar refractivity (Wildman–Crippen MR) is 473 cm³/mol. The van der Waals surface area contributed by atoms with Crippen LogP contribution in [0.25, 0.3) is 116 Å². The Kier molecular flexibility index (Phi) is 18.7. The number of hydrogen-bond donors (Lipinski definition) is 0. The van der Waals surface area contributed by atoms with Crippen LogP contribution in [0.5, 0.6) is 11.5 Å². The number of rotatable bonds is 12. The molecule has 0 atom stereocenters. The molecule has 0 radical (unpaired) electrons. The van der Waals surface area contributed by atoms with Gasteiger partial charge in [0.2, 0.25) is 0 Å². The van der Waals surface area contributed by atoms with Crippen LogP contribution in [0.3, 0.4) is 0 Å². The monoisotopic (exact) mass is 1440 g/mol. The first-order chi connectivity index (χ1) is 51.9. The van der Waals surface area contributed by atoms with E-state index in [1.165, 1.54) is 55.3 Å². The molecule has 0 unspecified atom stereocenters. The molecule has 4 nitrogen and oxygen atoms in total. The number of hydrogen-bond acceptors (Lipinski definition) is 3. The van der Waals surface area contributed by atoms with Crippen LogP contribution in [-0.4, -0.2) is 4.57 Å². The maximum atomic E-state index is 8.01. The van der Waals surface area contributed by atoms with Gasteiger partial charge in [-0.2, -0.15) is 0 Å². The SMILES string of the molecule is CC(C)(C)c1cc(-c2cccc(N(c3cc(Oc4cccc(-c5cc(C(C)(C)C)cc(C(C)(C)C)c5)c4-c4ccccc4)cc(-c4cc(-n5c6ccc(C(C)(C)C)cc6c6cc(C(C)(C)C)ccc65)c5oc6ccccc6c5c4)c3)c3c(-c4ccccc4)cc(C(C)(C)C)cc3-c3ccccc3)c2)cc(C(C)(C)C)c1. The fraction of sp³-hybridized carbons (Fsp3) is 0.264.